The predicted molar refractivity (Wildman–Crippen MR) is 86.6 cm³/mol. The Labute approximate surface area is 131 Å². The van der Waals surface area contributed by atoms with Gasteiger partial charge >= 0.3 is 0 Å². The number of hydrogen-bond donors (Lipinski definition) is 0. The van der Waals surface area contributed by atoms with E-state index in [2.05, 4.69) is 32.3 Å². The van der Waals surface area contributed by atoms with Crippen LogP contribution in [0, 0.1) is 23.7 Å². The fraction of sp³-hybridized carbons (Fsp3) is 0.389. The molecule has 1 aromatic carbocycles. The van der Waals surface area contributed by atoms with E-state index in [-0.39, 0.29) is 5.92 Å². The fourth-order valence-corrected chi connectivity index (χ4v) is 2.97. The normalized spacial score (nSPS) is 13.1. The molecule has 0 saturated carbocycles. The summed E-state index contributed by atoms with van der Waals surface area (Å²) in [6.45, 7) is 9.70. The van der Waals surface area contributed by atoms with Crippen LogP contribution in [0.5, 0.6) is 0 Å². The van der Waals surface area contributed by atoms with Gasteiger partial charge in [0.2, 0.25) is 0 Å². The van der Waals surface area contributed by atoms with Gasteiger partial charge in [-0.2, -0.15) is 0 Å². The van der Waals surface area contributed by atoms with Crippen LogP contribution in [0.1, 0.15) is 27.2 Å². The van der Waals surface area contributed by atoms with Gasteiger partial charge in [0.05, 0.1) is 11.2 Å². The lowest BCUT2D eigenvalue weighted by molar-refractivity contribution is -0.305. The van der Waals surface area contributed by atoms with Gasteiger partial charge in [-0.3, -0.25) is 0 Å². The Balaban J connectivity index is 2.99. The monoisotopic (exact) mass is 301 g/mol. The molecular weight excluding hydrogens is 280 g/mol. The van der Waals surface area contributed by atoms with Crippen LogP contribution in [0.2, 0.25) is 0 Å². The molecule has 0 aliphatic heterocycles. The molecular formula is C18H21O2S-. The van der Waals surface area contributed by atoms with E-state index in [1.54, 1.807) is 0 Å². The minimum absolute atomic E-state index is 0.253. The number of benzene rings is 1. The minimum Gasteiger partial charge on any atom is -0.549 e. The van der Waals surface area contributed by atoms with Crippen LogP contribution in [0.25, 0.3) is 0 Å². The van der Waals surface area contributed by atoms with Crippen molar-refractivity contribution >= 4 is 17.7 Å². The van der Waals surface area contributed by atoms with Crippen molar-refractivity contribution in [1.29, 1.82) is 0 Å². The molecule has 0 heterocycles. The van der Waals surface area contributed by atoms with Crippen molar-refractivity contribution < 1.29 is 9.90 Å². The van der Waals surface area contributed by atoms with E-state index in [1.165, 1.54) is 11.8 Å². The molecule has 0 fully saturated rings. The highest BCUT2D eigenvalue weighted by molar-refractivity contribution is 8.00. The number of rotatable bonds is 6. The molecule has 1 aromatic rings. The van der Waals surface area contributed by atoms with Crippen molar-refractivity contribution in [3.63, 3.8) is 0 Å². The van der Waals surface area contributed by atoms with Crippen LogP contribution in [0.3, 0.4) is 0 Å². The molecule has 0 radical (unpaired) electrons. The zero-order chi connectivity index (χ0) is 15.8. The molecule has 2 unspecified atom stereocenters. The average Bonchev–Trinajstić information content (AvgIpc) is 2.41. The highest BCUT2D eigenvalue weighted by Gasteiger charge is 2.23. The number of carboxylic acids is 1. The van der Waals surface area contributed by atoms with Gasteiger partial charge in [0.15, 0.2) is 0 Å². The van der Waals surface area contributed by atoms with Gasteiger partial charge in [0.25, 0.3) is 0 Å². The van der Waals surface area contributed by atoms with Gasteiger partial charge in [-0.1, -0.05) is 50.5 Å². The van der Waals surface area contributed by atoms with Crippen molar-refractivity contribution in [2.24, 2.45) is 11.8 Å². The Morgan fingerprint density at radius 2 is 1.95 bits per heavy atom. The van der Waals surface area contributed by atoms with Crippen LogP contribution in [-0.2, 0) is 4.79 Å². The third-order valence-corrected chi connectivity index (χ3v) is 4.12. The predicted octanol–water partition coefficient (Wildman–Crippen LogP) is 3.14. The highest BCUT2D eigenvalue weighted by Crippen LogP contribution is 2.31. The topological polar surface area (TPSA) is 40.1 Å². The van der Waals surface area contributed by atoms with Gasteiger partial charge in [-0.25, -0.2) is 0 Å². The van der Waals surface area contributed by atoms with Gasteiger partial charge in [-0.05, 0) is 37.0 Å². The summed E-state index contributed by atoms with van der Waals surface area (Å²) >= 11 is 1.30. The fourth-order valence-electron chi connectivity index (χ4n) is 1.92. The maximum Gasteiger partial charge on any atom is 0.0628 e. The standard InChI is InChI=1S/C18H22O2S/c1-13(2)10-11-15(12-14(3)4)17(18(19)20)21-16-8-6-5-7-9-16/h5-9,14-15,17H,1,12H2,2-4H3,(H,19,20)/p-1. The Kier molecular flexibility index (Phi) is 7.11. The van der Waals surface area contributed by atoms with E-state index in [4.69, 9.17) is 0 Å². The number of carboxylic acid groups (broad SMARTS) is 1. The van der Waals surface area contributed by atoms with Gasteiger partial charge in [0.1, 0.15) is 0 Å². The summed E-state index contributed by atoms with van der Waals surface area (Å²) in [5.41, 5.74) is 0.741. The molecule has 1 rings (SSSR count). The van der Waals surface area contributed by atoms with Crippen LogP contribution < -0.4 is 5.11 Å². The van der Waals surface area contributed by atoms with E-state index in [1.807, 2.05) is 37.3 Å². The second kappa shape index (κ2) is 8.59. The largest absolute Gasteiger partial charge is 0.549 e. The number of carbonyl (C=O) groups is 1. The number of allylic oxidation sites excluding steroid dienone is 1. The summed E-state index contributed by atoms with van der Waals surface area (Å²) in [4.78, 5) is 12.5. The van der Waals surface area contributed by atoms with Crippen molar-refractivity contribution in [3.8, 4) is 11.8 Å². The maximum absolute atomic E-state index is 11.5. The molecule has 0 aliphatic rings. The van der Waals surface area contributed by atoms with E-state index >= 15 is 0 Å². The molecule has 21 heavy (non-hydrogen) atoms. The van der Waals surface area contributed by atoms with Crippen LogP contribution in [0.4, 0.5) is 0 Å². The van der Waals surface area contributed by atoms with Gasteiger partial charge in [-0.15, -0.1) is 11.8 Å². The third-order valence-electron chi connectivity index (χ3n) is 2.80. The van der Waals surface area contributed by atoms with Crippen molar-refractivity contribution in [2.45, 2.75) is 37.3 Å². The Morgan fingerprint density at radius 3 is 2.43 bits per heavy atom. The van der Waals surface area contributed by atoms with Crippen molar-refractivity contribution in [3.05, 3.63) is 42.5 Å². The molecule has 0 aromatic heterocycles. The molecule has 0 bridgehead atoms. The lowest BCUT2D eigenvalue weighted by Crippen LogP contribution is -2.38. The Hall–Kier alpha value is -1.66. The second-order valence-corrected chi connectivity index (χ2v) is 6.67. The van der Waals surface area contributed by atoms with E-state index in [0.717, 1.165) is 16.9 Å². The highest BCUT2D eigenvalue weighted by atomic mass is 32.2. The first-order valence-corrected chi connectivity index (χ1v) is 7.87. The number of thioether (sulfide) groups is 1. The average molecular weight is 301 g/mol. The summed E-state index contributed by atoms with van der Waals surface area (Å²) in [6, 6.07) is 9.50. The quantitative estimate of drug-likeness (QED) is 0.598. The molecule has 0 amide bonds. The number of aliphatic carboxylic acids is 1. The first-order valence-electron chi connectivity index (χ1n) is 6.99. The number of carbonyl (C=O) groups excluding carboxylic acids is 1. The smallest absolute Gasteiger partial charge is 0.0628 e. The van der Waals surface area contributed by atoms with E-state index < -0.39 is 11.2 Å². The molecule has 0 aliphatic carbocycles. The van der Waals surface area contributed by atoms with Crippen molar-refractivity contribution in [1.82, 2.24) is 0 Å². The Morgan fingerprint density at radius 1 is 1.33 bits per heavy atom. The molecule has 0 saturated heterocycles. The summed E-state index contributed by atoms with van der Waals surface area (Å²) < 4.78 is 0. The zero-order valence-electron chi connectivity index (χ0n) is 12.8. The van der Waals surface area contributed by atoms with Crippen LogP contribution in [-0.4, -0.2) is 11.2 Å². The second-order valence-electron chi connectivity index (χ2n) is 5.46. The lowest BCUT2D eigenvalue weighted by atomic mass is 9.94. The van der Waals surface area contributed by atoms with E-state index in [9.17, 15) is 9.90 Å². The van der Waals surface area contributed by atoms with Gasteiger partial charge in [0, 0.05) is 10.8 Å². The van der Waals surface area contributed by atoms with E-state index in [0.29, 0.717) is 5.92 Å². The minimum atomic E-state index is -1.06. The van der Waals surface area contributed by atoms with Crippen LogP contribution >= 0.6 is 11.8 Å². The molecule has 2 atom stereocenters. The summed E-state index contributed by atoms with van der Waals surface area (Å²) in [5, 5.41) is 10.9. The van der Waals surface area contributed by atoms with Crippen molar-refractivity contribution in [2.75, 3.05) is 0 Å². The first-order chi connectivity index (χ1) is 9.90. The zero-order valence-corrected chi connectivity index (χ0v) is 13.6. The molecule has 3 heteroatoms. The molecule has 0 spiro atoms. The maximum atomic E-state index is 11.5. The number of hydrogen-bond acceptors (Lipinski definition) is 3. The third kappa shape index (κ3) is 6.55. The van der Waals surface area contributed by atoms with Gasteiger partial charge < -0.3 is 9.90 Å². The summed E-state index contributed by atoms with van der Waals surface area (Å²) in [6.07, 6.45) is 0.721. The first kappa shape index (κ1) is 17.4. The molecule has 0 N–H and O–H groups in total. The summed E-state index contributed by atoms with van der Waals surface area (Å²) in [5.74, 6) is 5.04. The Bertz CT molecular complexity index is 537. The SMILES string of the molecule is C=C(C)C#CC(CC(C)C)C(Sc1ccccc1)C(=O)[O-]. The molecule has 112 valence electrons. The molecule has 2 nitrogen and oxygen atoms in total. The van der Waals surface area contributed by atoms with Crippen LogP contribution in [0.15, 0.2) is 47.4 Å². The summed E-state index contributed by atoms with van der Waals surface area (Å²) in [7, 11) is 0. The lowest BCUT2D eigenvalue weighted by Gasteiger charge is -2.25.